The summed E-state index contributed by atoms with van der Waals surface area (Å²) in [6.45, 7) is 4.94. The molecule has 2 heterocycles. The molecule has 2 fully saturated rings. The molecule has 0 aromatic heterocycles. The smallest absolute Gasteiger partial charge is 0.256 e. The van der Waals surface area contributed by atoms with Gasteiger partial charge in [-0.05, 0) is 42.7 Å². The van der Waals surface area contributed by atoms with Crippen molar-refractivity contribution in [1.82, 2.24) is 9.80 Å². The highest BCUT2D eigenvalue weighted by atomic mass is 19.1. The minimum absolute atomic E-state index is 0.0778. The number of nitrogens with zero attached hydrogens (tertiary/aromatic N) is 2. The molecule has 0 aliphatic carbocycles. The molecule has 32 heavy (non-hydrogen) atoms. The SMILES string of the molecule is O=C(Nc1ccc(CN2CCOCC2)cc1)C1CCN(C(=O)c2ccc(F)cc2F)CC1. The number of benzene rings is 2. The maximum absolute atomic E-state index is 13.9. The predicted molar refractivity (Wildman–Crippen MR) is 116 cm³/mol. The number of nitrogens with one attached hydrogen (secondary N) is 1. The van der Waals surface area contributed by atoms with Crippen LogP contribution in [0, 0.1) is 17.6 Å². The van der Waals surface area contributed by atoms with E-state index >= 15 is 0 Å². The van der Waals surface area contributed by atoms with Gasteiger partial charge in [-0.1, -0.05) is 12.1 Å². The summed E-state index contributed by atoms with van der Waals surface area (Å²) in [6.07, 6.45) is 0.991. The Bertz CT molecular complexity index is 953. The Morgan fingerprint density at radius 1 is 0.969 bits per heavy atom. The van der Waals surface area contributed by atoms with E-state index in [4.69, 9.17) is 4.74 Å². The van der Waals surface area contributed by atoms with E-state index < -0.39 is 17.5 Å². The summed E-state index contributed by atoms with van der Waals surface area (Å²) in [6, 6.07) is 10.8. The van der Waals surface area contributed by atoms with Crippen molar-refractivity contribution in [2.45, 2.75) is 19.4 Å². The Morgan fingerprint density at radius 2 is 1.66 bits per heavy atom. The summed E-state index contributed by atoms with van der Waals surface area (Å²) in [5, 5.41) is 2.96. The van der Waals surface area contributed by atoms with E-state index in [0.29, 0.717) is 32.0 Å². The first-order valence-corrected chi connectivity index (χ1v) is 10.9. The highest BCUT2D eigenvalue weighted by Gasteiger charge is 2.29. The van der Waals surface area contributed by atoms with Gasteiger partial charge in [0.15, 0.2) is 0 Å². The predicted octanol–water partition coefficient (Wildman–Crippen LogP) is 3.29. The fourth-order valence-electron chi connectivity index (χ4n) is 4.13. The van der Waals surface area contributed by atoms with E-state index in [2.05, 4.69) is 10.2 Å². The molecular formula is C24H27F2N3O3. The maximum atomic E-state index is 13.9. The first kappa shape index (κ1) is 22.4. The second-order valence-electron chi connectivity index (χ2n) is 8.27. The summed E-state index contributed by atoms with van der Waals surface area (Å²) in [5.41, 5.74) is 1.78. The first-order valence-electron chi connectivity index (χ1n) is 10.9. The molecule has 0 bridgehead atoms. The number of halogens is 2. The zero-order chi connectivity index (χ0) is 22.5. The molecule has 4 rings (SSSR count). The quantitative estimate of drug-likeness (QED) is 0.771. The standard InChI is InChI=1S/C24H27F2N3O3/c25-19-3-6-21(22(26)15-19)24(31)29-9-7-18(8-10-29)23(30)27-20-4-1-17(2-5-20)16-28-11-13-32-14-12-28/h1-6,15,18H,7-14,16H2,(H,27,30). The number of hydrogen-bond acceptors (Lipinski definition) is 4. The monoisotopic (exact) mass is 443 g/mol. The van der Waals surface area contributed by atoms with Crippen LogP contribution in [0.2, 0.25) is 0 Å². The van der Waals surface area contributed by atoms with Crippen LogP contribution in [0.25, 0.3) is 0 Å². The molecule has 1 N–H and O–H groups in total. The number of ether oxygens (including phenoxy) is 1. The van der Waals surface area contributed by atoms with Gasteiger partial charge in [0.25, 0.3) is 5.91 Å². The van der Waals surface area contributed by atoms with Crippen LogP contribution in [-0.4, -0.2) is 61.0 Å². The minimum Gasteiger partial charge on any atom is -0.379 e. The Kier molecular flexibility index (Phi) is 7.12. The summed E-state index contributed by atoms with van der Waals surface area (Å²) < 4.78 is 32.4. The average molecular weight is 443 g/mol. The van der Waals surface area contributed by atoms with Crippen LogP contribution in [-0.2, 0) is 16.1 Å². The van der Waals surface area contributed by atoms with E-state index in [1.807, 2.05) is 24.3 Å². The summed E-state index contributed by atoms with van der Waals surface area (Å²) >= 11 is 0. The largest absolute Gasteiger partial charge is 0.379 e. The topological polar surface area (TPSA) is 61.9 Å². The molecule has 2 aromatic rings. The van der Waals surface area contributed by atoms with Crippen molar-refractivity contribution in [2.24, 2.45) is 5.92 Å². The van der Waals surface area contributed by atoms with Crippen molar-refractivity contribution in [2.75, 3.05) is 44.7 Å². The molecule has 0 spiro atoms. The van der Waals surface area contributed by atoms with Crippen molar-refractivity contribution in [3.63, 3.8) is 0 Å². The molecule has 2 aliphatic rings. The van der Waals surface area contributed by atoms with Gasteiger partial charge in [-0.25, -0.2) is 8.78 Å². The van der Waals surface area contributed by atoms with Gasteiger partial charge in [0.05, 0.1) is 18.8 Å². The minimum atomic E-state index is -0.869. The van der Waals surface area contributed by atoms with Gasteiger partial charge in [0, 0.05) is 50.4 Å². The fraction of sp³-hybridized carbons (Fsp3) is 0.417. The third-order valence-electron chi connectivity index (χ3n) is 6.05. The Morgan fingerprint density at radius 3 is 2.31 bits per heavy atom. The average Bonchev–Trinajstić information content (AvgIpc) is 2.81. The lowest BCUT2D eigenvalue weighted by molar-refractivity contribution is -0.121. The van der Waals surface area contributed by atoms with Crippen molar-refractivity contribution in [1.29, 1.82) is 0 Å². The zero-order valence-electron chi connectivity index (χ0n) is 17.9. The molecule has 0 unspecified atom stereocenters. The molecule has 8 heteroatoms. The maximum Gasteiger partial charge on any atom is 0.256 e. The number of hydrogen-bond donors (Lipinski definition) is 1. The number of anilines is 1. The second kappa shape index (κ2) is 10.2. The Labute approximate surface area is 186 Å². The van der Waals surface area contributed by atoms with Crippen LogP contribution < -0.4 is 5.32 Å². The Balaban J connectivity index is 1.26. The number of carbonyl (C=O) groups is 2. The lowest BCUT2D eigenvalue weighted by Crippen LogP contribution is -2.41. The molecule has 170 valence electrons. The number of amides is 2. The molecule has 2 aromatic carbocycles. The third-order valence-corrected chi connectivity index (χ3v) is 6.05. The summed E-state index contributed by atoms with van der Waals surface area (Å²) in [7, 11) is 0. The van der Waals surface area contributed by atoms with Gasteiger partial charge in [-0.15, -0.1) is 0 Å². The Hall–Kier alpha value is -2.84. The molecule has 0 radical (unpaired) electrons. The van der Waals surface area contributed by atoms with Crippen LogP contribution in [0.15, 0.2) is 42.5 Å². The highest BCUT2D eigenvalue weighted by molar-refractivity contribution is 5.95. The van der Waals surface area contributed by atoms with Crippen molar-refractivity contribution in [3.8, 4) is 0 Å². The molecule has 0 saturated carbocycles. The highest BCUT2D eigenvalue weighted by Crippen LogP contribution is 2.22. The molecule has 0 atom stereocenters. The number of piperidine rings is 1. The number of rotatable bonds is 5. The van der Waals surface area contributed by atoms with Crippen LogP contribution in [0.4, 0.5) is 14.5 Å². The van der Waals surface area contributed by atoms with Crippen molar-refractivity contribution >= 4 is 17.5 Å². The zero-order valence-corrected chi connectivity index (χ0v) is 17.9. The number of morpholine rings is 1. The van der Waals surface area contributed by atoms with Gasteiger partial charge in [0.2, 0.25) is 5.91 Å². The lowest BCUT2D eigenvalue weighted by atomic mass is 9.95. The van der Waals surface area contributed by atoms with E-state index in [9.17, 15) is 18.4 Å². The summed E-state index contributed by atoms with van der Waals surface area (Å²) in [5.74, 6) is -2.36. The number of likely N-dealkylation sites (tertiary alicyclic amines) is 1. The molecule has 2 amide bonds. The normalized spacial score (nSPS) is 17.9. The van der Waals surface area contributed by atoms with Gasteiger partial charge in [-0.2, -0.15) is 0 Å². The van der Waals surface area contributed by atoms with Crippen molar-refractivity contribution < 1.29 is 23.1 Å². The molecule has 2 aliphatic heterocycles. The van der Waals surface area contributed by atoms with Crippen LogP contribution in [0.1, 0.15) is 28.8 Å². The number of carbonyl (C=O) groups excluding carboxylic acids is 2. The first-order chi connectivity index (χ1) is 15.5. The van der Waals surface area contributed by atoms with Crippen LogP contribution >= 0.6 is 0 Å². The lowest BCUT2D eigenvalue weighted by Gasteiger charge is -2.31. The fourth-order valence-corrected chi connectivity index (χ4v) is 4.13. The summed E-state index contributed by atoms with van der Waals surface area (Å²) in [4.78, 5) is 29.0. The second-order valence-corrected chi connectivity index (χ2v) is 8.27. The van der Waals surface area contributed by atoms with E-state index in [1.54, 1.807) is 0 Å². The molecular weight excluding hydrogens is 416 g/mol. The van der Waals surface area contributed by atoms with Crippen LogP contribution in [0.5, 0.6) is 0 Å². The van der Waals surface area contributed by atoms with Crippen LogP contribution in [0.3, 0.4) is 0 Å². The third kappa shape index (κ3) is 5.49. The van der Waals surface area contributed by atoms with E-state index in [-0.39, 0.29) is 17.4 Å². The van der Waals surface area contributed by atoms with E-state index in [1.165, 1.54) is 10.5 Å². The molecule has 6 nitrogen and oxygen atoms in total. The van der Waals surface area contributed by atoms with E-state index in [0.717, 1.165) is 50.7 Å². The van der Waals surface area contributed by atoms with Gasteiger partial charge in [-0.3, -0.25) is 14.5 Å². The van der Waals surface area contributed by atoms with Gasteiger partial charge < -0.3 is 15.0 Å². The van der Waals surface area contributed by atoms with Gasteiger partial charge >= 0.3 is 0 Å². The van der Waals surface area contributed by atoms with Crippen molar-refractivity contribution in [3.05, 3.63) is 65.2 Å². The molecule has 2 saturated heterocycles. The van der Waals surface area contributed by atoms with Gasteiger partial charge in [0.1, 0.15) is 11.6 Å².